The molecule has 0 spiro atoms. The van der Waals surface area contributed by atoms with Gasteiger partial charge < -0.3 is 16.0 Å². The van der Waals surface area contributed by atoms with Crippen molar-refractivity contribution in [2.24, 2.45) is 0 Å². The van der Waals surface area contributed by atoms with Crippen LogP contribution < -0.4 is 16.0 Å². The number of nitrogens with zero attached hydrogens (tertiary/aromatic N) is 2. The van der Waals surface area contributed by atoms with Crippen molar-refractivity contribution in [3.8, 4) is 5.69 Å². The molecule has 1 saturated heterocycles. The molecule has 0 bridgehead atoms. The van der Waals surface area contributed by atoms with Gasteiger partial charge in [0.1, 0.15) is 0 Å². The number of amides is 3. The van der Waals surface area contributed by atoms with E-state index in [-0.39, 0.29) is 18.0 Å². The molecule has 1 aliphatic heterocycles. The first-order chi connectivity index (χ1) is 12.1. The van der Waals surface area contributed by atoms with Crippen LogP contribution in [0.5, 0.6) is 0 Å². The molecule has 0 radical (unpaired) electrons. The van der Waals surface area contributed by atoms with Gasteiger partial charge in [-0.3, -0.25) is 4.79 Å². The van der Waals surface area contributed by atoms with E-state index in [1.165, 1.54) is 5.56 Å². The Morgan fingerprint density at radius 3 is 2.76 bits per heavy atom. The van der Waals surface area contributed by atoms with Crippen LogP contribution in [-0.2, 0) is 11.2 Å². The van der Waals surface area contributed by atoms with Gasteiger partial charge in [0.05, 0.1) is 29.3 Å². The second-order valence-electron chi connectivity index (χ2n) is 6.31. The zero-order valence-electron chi connectivity index (χ0n) is 14.5. The number of aryl methyl sites for hydroxylation is 1. The minimum absolute atomic E-state index is 0.0378. The molecule has 3 N–H and O–H groups in total. The summed E-state index contributed by atoms with van der Waals surface area (Å²) in [6.07, 6.45) is 3.72. The fourth-order valence-corrected chi connectivity index (χ4v) is 2.92. The van der Waals surface area contributed by atoms with Crippen LogP contribution in [0.2, 0.25) is 0 Å². The maximum Gasteiger partial charge on any atom is 0.319 e. The highest BCUT2D eigenvalue weighted by Crippen LogP contribution is 2.21. The van der Waals surface area contributed by atoms with Gasteiger partial charge >= 0.3 is 6.03 Å². The predicted molar refractivity (Wildman–Crippen MR) is 95.9 cm³/mol. The molecule has 25 heavy (non-hydrogen) atoms. The van der Waals surface area contributed by atoms with Gasteiger partial charge in [-0.1, -0.05) is 31.0 Å². The van der Waals surface area contributed by atoms with Gasteiger partial charge in [0.15, 0.2) is 0 Å². The lowest BCUT2D eigenvalue weighted by atomic mass is 10.2. The number of nitrogens with one attached hydrogen (secondary N) is 3. The fraction of sp³-hybridized carbons (Fsp3) is 0.389. The van der Waals surface area contributed by atoms with Crippen molar-refractivity contribution in [2.75, 3.05) is 11.9 Å². The highest BCUT2D eigenvalue weighted by molar-refractivity contribution is 5.91. The molecule has 2 heterocycles. The summed E-state index contributed by atoms with van der Waals surface area (Å²) in [5.41, 5.74) is 3.80. The molecule has 1 aromatic heterocycles. The first-order valence-electron chi connectivity index (χ1n) is 8.55. The zero-order chi connectivity index (χ0) is 17.8. The van der Waals surface area contributed by atoms with Gasteiger partial charge in [-0.15, -0.1) is 0 Å². The minimum Gasteiger partial charge on any atom is -0.354 e. The van der Waals surface area contributed by atoms with Gasteiger partial charge in [-0.25, -0.2) is 9.48 Å². The molecule has 7 heteroatoms. The van der Waals surface area contributed by atoms with Crippen molar-refractivity contribution in [3.63, 3.8) is 0 Å². The first kappa shape index (κ1) is 17.0. The zero-order valence-corrected chi connectivity index (χ0v) is 14.5. The molecule has 1 aliphatic rings. The Labute approximate surface area is 146 Å². The quantitative estimate of drug-likeness (QED) is 0.778. The predicted octanol–water partition coefficient (Wildman–Crippen LogP) is 2.14. The van der Waals surface area contributed by atoms with Crippen LogP contribution in [0.15, 0.2) is 30.5 Å². The molecule has 132 valence electrons. The van der Waals surface area contributed by atoms with Crippen molar-refractivity contribution in [1.29, 1.82) is 0 Å². The van der Waals surface area contributed by atoms with Crippen LogP contribution in [0, 0.1) is 6.92 Å². The number of aromatic nitrogens is 2. The maximum atomic E-state index is 12.2. The highest BCUT2D eigenvalue weighted by atomic mass is 16.2. The summed E-state index contributed by atoms with van der Waals surface area (Å²) in [6, 6.07) is 7.62. The fourth-order valence-electron chi connectivity index (χ4n) is 2.92. The first-order valence-corrected chi connectivity index (χ1v) is 8.55. The average Bonchev–Trinajstić information content (AvgIpc) is 3.16. The molecular weight excluding hydrogens is 318 g/mol. The Morgan fingerprint density at radius 2 is 2.12 bits per heavy atom. The van der Waals surface area contributed by atoms with E-state index < -0.39 is 0 Å². The molecular formula is C18H23N5O2. The molecule has 3 amide bonds. The molecule has 1 aromatic carbocycles. The molecule has 2 aromatic rings. The lowest BCUT2D eigenvalue weighted by Crippen LogP contribution is -2.39. The summed E-state index contributed by atoms with van der Waals surface area (Å²) in [7, 11) is 0. The summed E-state index contributed by atoms with van der Waals surface area (Å²) in [5.74, 6) is -0.0378. The summed E-state index contributed by atoms with van der Waals surface area (Å²) in [4.78, 5) is 23.4. The Bertz CT molecular complexity index is 766. The molecule has 0 saturated carbocycles. The van der Waals surface area contributed by atoms with E-state index in [0.29, 0.717) is 18.7 Å². The number of anilines is 1. The molecule has 7 nitrogen and oxygen atoms in total. The summed E-state index contributed by atoms with van der Waals surface area (Å²) in [5, 5.41) is 12.8. The van der Waals surface area contributed by atoms with E-state index in [4.69, 9.17) is 0 Å². The van der Waals surface area contributed by atoms with Gasteiger partial charge in [-0.05, 0) is 25.5 Å². The second-order valence-corrected chi connectivity index (χ2v) is 6.31. The van der Waals surface area contributed by atoms with Crippen molar-refractivity contribution in [1.82, 2.24) is 20.4 Å². The number of benzene rings is 1. The number of carbonyl (C=O) groups excluding carboxylic acids is 2. The molecule has 3 rings (SSSR count). The third-order valence-electron chi connectivity index (χ3n) is 4.20. The van der Waals surface area contributed by atoms with Crippen LogP contribution >= 0.6 is 0 Å². The summed E-state index contributed by atoms with van der Waals surface area (Å²) in [6.45, 7) is 4.60. The van der Waals surface area contributed by atoms with Crippen LogP contribution in [-0.4, -0.2) is 34.3 Å². The van der Waals surface area contributed by atoms with E-state index in [1.807, 2.05) is 35.9 Å². The minimum atomic E-state index is -0.317. The van der Waals surface area contributed by atoms with Crippen LogP contribution in [0.1, 0.15) is 31.0 Å². The topological polar surface area (TPSA) is 88.1 Å². The Balaban J connectivity index is 1.75. The van der Waals surface area contributed by atoms with Gasteiger partial charge in [-0.2, -0.15) is 5.10 Å². The van der Waals surface area contributed by atoms with Gasteiger partial charge in [0.25, 0.3) is 0 Å². The largest absolute Gasteiger partial charge is 0.354 e. The van der Waals surface area contributed by atoms with Crippen LogP contribution in [0.4, 0.5) is 10.5 Å². The standard InChI is InChI=1S/C18H23N5O2/c1-3-4-16-15(22-18(25)21-13-9-17(24)19-10-13)11-20-23(16)14-7-5-12(2)6-8-14/h5-8,11,13H,3-4,9-10H2,1-2H3,(H,19,24)(H2,21,22,25)/t13-/m1/s1. The van der Waals surface area contributed by atoms with E-state index in [1.54, 1.807) is 6.20 Å². The second kappa shape index (κ2) is 7.38. The summed E-state index contributed by atoms with van der Waals surface area (Å²) >= 11 is 0. The smallest absolute Gasteiger partial charge is 0.319 e. The van der Waals surface area contributed by atoms with E-state index in [0.717, 1.165) is 24.2 Å². The highest BCUT2D eigenvalue weighted by Gasteiger charge is 2.23. The normalized spacial score (nSPS) is 16.6. The van der Waals surface area contributed by atoms with E-state index in [9.17, 15) is 9.59 Å². The third-order valence-corrected chi connectivity index (χ3v) is 4.20. The Hall–Kier alpha value is -2.83. The van der Waals surface area contributed by atoms with E-state index in [2.05, 4.69) is 28.0 Å². The van der Waals surface area contributed by atoms with Crippen LogP contribution in [0.25, 0.3) is 5.69 Å². The summed E-state index contributed by atoms with van der Waals surface area (Å²) < 4.78 is 1.86. The third kappa shape index (κ3) is 3.99. The molecule has 0 aliphatic carbocycles. The van der Waals surface area contributed by atoms with Crippen LogP contribution in [0.3, 0.4) is 0 Å². The van der Waals surface area contributed by atoms with Crippen molar-refractivity contribution < 1.29 is 9.59 Å². The maximum absolute atomic E-state index is 12.2. The number of rotatable bonds is 5. The Morgan fingerprint density at radius 1 is 1.36 bits per heavy atom. The lowest BCUT2D eigenvalue weighted by Gasteiger charge is -2.13. The van der Waals surface area contributed by atoms with Crippen molar-refractivity contribution in [3.05, 3.63) is 41.7 Å². The number of hydrogen-bond acceptors (Lipinski definition) is 3. The number of carbonyl (C=O) groups is 2. The van der Waals surface area contributed by atoms with Crippen molar-refractivity contribution >= 4 is 17.6 Å². The van der Waals surface area contributed by atoms with Gasteiger partial charge in [0, 0.05) is 13.0 Å². The average molecular weight is 341 g/mol. The van der Waals surface area contributed by atoms with Gasteiger partial charge in [0.2, 0.25) is 5.91 Å². The SMILES string of the molecule is CCCc1c(NC(=O)N[C@H]2CNC(=O)C2)cnn1-c1ccc(C)cc1. The number of urea groups is 1. The molecule has 0 unspecified atom stereocenters. The molecule has 1 fully saturated rings. The Kier molecular flexibility index (Phi) is 5.02. The van der Waals surface area contributed by atoms with Crippen molar-refractivity contribution in [2.45, 2.75) is 39.2 Å². The molecule has 1 atom stereocenters. The lowest BCUT2D eigenvalue weighted by molar-refractivity contribution is -0.119. The monoisotopic (exact) mass is 341 g/mol. The van der Waals surface area contributed by atoms with E-state index >= 15 is 0 Å². The number of hydrogen-bond donors (Lipinski definition) is 3.